The van der Waals surface area contributed by atoms with Crippen molar-refractivity contribution in [1.29, 1.82) is 0 Å². The molecule has 3 amide bonds. The first-order chi connectivity index (χ1) is 10.6. The number of nitrogens with one attached hydrogen (secondary N) is 1. The number of benzene rings is 1. The molecule has 5 heteroatoms. The van der Waals surface area contributed by atoms with E-state index >= 15 is 0 Å². The maximum absolute atomic E-state index is 12.9. The summed E-state index contributed by atoms with van der Waals surface area (Å²) in [6, 6.07) is 7.07. The number of amides is 3. The normalized spacial score (nSPS) is 27.3. The number of rotatable bonds is 2. The lowest BCUT2D eigenvalue weighted by atomic mass is 9.85. The molecule has 1 saturated carbocycles. The quantitative estimate of drug-likeness (QED) is 0.881. The molecule has 1 aliphatic carbocycles. The first-order valence-corrected chi connectivity index (χ1v) is 8.05. The molecule has 1 aromatic rings. The van der Waals surface area contributed by atoms with Gasteiger partial charge >= 0.3 is 6.03 Å². The Bertz CT molecular complexity index is 570. The standard InChI is InChI=1S/C17H23N3O2/c1-11-10-13-4-2-3-5-15(13)20(11)16(21)12-6-8-14(9-7-12)19-17(18)22/h6-9,11,13,15H,2-5,10H2,1H3,(H3,18,19,22)/t11-,13+,15+/m1/s1. The van der Waals surface area contributed by atoms with Crippen molar-refractivity contribution >= 4 is 17.6 Å². The highest BCUT2D eigenvalue weighted by Crippen LogP contribution is 2.40. The molecular weight excluding hydrogens is 278 g/mol. The van der Waals surface area contributed by atoms with Crippen molar-refractivity contribution in [2.45, 2.75) is 51.1 Å². The van der Waals surface area contributed by atoms with Gasteiger partial charge in [0.1, 0.15) is 0 Å². The summed E-state index contributed by atoms with van der Waals surface area (Å²) in [4.78, 5) is 25.8. The van der Waals surface area contributed by atoms with Crippen molar-refractivity contribution < 1.29 is 9.59 Å². The molecule has 0 spiro atoms. The van der Waals surface area contributed by atoms with Crippen LogP contribution < -0.4 is 11.1 Å². The van der Waals surface area contributed by atoms with Gasteiger partial charge in [0.15, 0.2) is 0 Å². The average molecular weight is 301 g/mol. The summed E-state index contributed by atoms with van der Waals surface area (Å²) in [6.07, 6.45) is 6.02. The zero-order valence-corrected chi connectivity index (χ0v) is 12.9. The van der Waals surface area contributed by atoms with Gasteiger partial charge in [0.2, 0.25) is 0 Å². The number of carbonyl (C=O) groups excluding carboxylic acids is 2. The van der Waals surface area contributed by atoms with E-state index in [0.717, 1.165) is 12.8 Å². The second kappa shape index (κ2) is 5.99. The lowest BCUT2D eigenvalue weighted by Gasteiger charge is -2.33. The summed E-state index contributed by atoms with van der Waals surface area (Å²) in [6.45, 7) is 2.15. The van der Waals surface area contributed by atoms with Gasteiger partial charge in [-0.15, -0.1) is 0 Å². The zero-order chi connectivity index (χ0) is 15.7. The number of hydrogen-bond donors (Lipinski definition) is 2. The Balaban J connectivity index is 1.76. The van der Waals surface area contributed by atoms with Crippen LogP contribution in [0.4, 0.5) is 10.5 Å². The van der Waals surface area contributed by atoms with Crippen LogP contribution in [0.3, 0.4) is 0 Å². The maximum Gasteiger partial charge on any atom is 0.316 e. The monoisotopic (exact) mass is 301 g/mol. The molecule has 118 valence electrons. The fourth-order valence-corrected chi connectivity index (χ4v) is 4.05. The van der Waals surface area contributed by atoms with Crippen molar-refractivity contribution in [1.82, 2.24) is 4.90 Å². The Labute approximate surface area is 130 Å². The second-order valence-corrected chi connectivity index (χ2v) is 6.48. The lowest BCUT2D eigenvalue weighted by Crippen LogP contribution is -2.42. The van der Waals surface area contributed by atoms with E-state index in [4.69, 9.17) is 5.73 Å². The zero-order valence-electron chi connectivity index (χ0n) is 12.9. The third kappa shape index (κ3) is 2.80. The Morgan fingerprint density at radius 1 is 1.18 bits per heavy atom. The summed E-state index contributed by atoms with van der Waals surface area (Å²) in [5, 5.41) is 2.51. The Morgan fingerprint density at radius 2 is 1.86 bits per heavy atom. The first-order valence-electron chi connectivity index (χ1n) is 8.05. The van der Waals surface area contributed by atoms with Crippen molar-refractivity contribution in [3.05, 3.63) is 29.8 Å². The predicted octanol–water partition coefficient (Wildman–Crippen LogP) is 2.97. The van der Waals surface area contributed by atoms with Crippen LogP contribution in [-0.4, -0.2) is 28.9 Å². The summed E-state index contributed by atoms with van der Waals surface area (Å²) < 4.78 is 0. The highest BCUT2D eigenvalue weighted by atomic mass is 16.2. The number of likely N-dealkylation sites (tertiary alicyclic amines) is 1. The van der Waals surface area contributed by atoms with Crippen molar-refractivity contribution in [3.63, 3.8) is 0 Å². The molecule has 1 aromatic carbocycles. The van der Waals surface area contributed by atoms with E-state index in [1.807, 2.05) is 0 Å². The average Bonchev–Trinajstić information content (AvgIpc) is 2.82. The van der Waals surface area contributed by atoms with Gasteiger partial charge in [-0.2, -0.15) is 0 Å². The Morgan fingerprint density at radius 3 is 2.55 bits per heavy atom. The smallest absolute Gasteiger partial charge is 0.316 e. The summed E-state index contributed by atoms with van der Waals surface area (Å²) in [5.41, 5.74) is 6.37. The number of primary amides is 1. The number of anilines is 1. The second-order valence-electron chi connectivity index (χ2n) is 6.48. The molecule has 5 nitrogen and oxygen atoms in total. The number of hydrogen-bond acceptors (Lipinski definition) is 2. The van der Waals surface area contributed by atoms with Crippen LogP contribution in [0.2, 0.25) is 0 Å². The number of nitrogens with two attached hydrogens (primary N) is 1. The molecule has 1 aliphatic heterocycles. The van der Waals surface area contributed by atoms with E-state index in [9.17, 15) is 9.59 Å². The molecule has 1 saturated heterocycles. The molecule has 0 unspecified atom stereocenters. The van der Waals surface area contributed by atoms with Crippen molar-refractivity contribution in [2.75, 3.05) is 5.32 Å². The molecule has 1 heterocycles. The van der Waals surface area contributed by atoms with Crippen LogP contribution in [-0.2, 0) is 0 Å². The minimum Gasteiger partial charge on any atom is -0.351 e. The number of urea groups is 1. The van der Waals surface area contributed by atoms with Gasteiger partial charge in [0, 0.05) is 23.3 Å². The van der Waals surface area contributed by atoms with Gasteiger partial charge in [0.25, 0.3) is 5.91 Å². The Hall–Kier alpha value is -2.04. The molecular formula is C17H23N3O2. The van der Waals surface area contributed by atoms with Gasteiger partial charge in [-0.25, -0.2) is 4.79 Å². The van der Waals surface area contributed by atoms with Crippen LogP contribution in [0.1, 0.15) is 49.4 Å². The molecule has 2 aliphatic rings. The SMILES string of the molecule is C[C@@H]1C[C@@H]2CCCC[C@@H]2N1C(=O)c1ccc(NC(N)=O)cc1. The fourth-order valence-electron chi connectivity index (χ4n) is 4.05. The molecule has 0 bridgehead atoms. The molecule has 0 aromatic heterocycles. The Kier molecular flexibility index (Phi) is 4.05. The van der Waals surface area contributed by atoms with Gasteiger partial charge in [-0.05, 0) is 56.4 Å². The van der Waals surface area contributed by atoms with Crippen LogP contribution >= 0.6 is 0 Å². The van der Waals surface area contributed by atoms with Crippen LogP contribution in [0.5, 0.6) is 0 Å². The molecule has 22 heavy (non-hydrogen) atoms. The number of nitrogens with zero attached hydrogens (tertiary/aromatic N) is 1. The third-order valence-corrected chi connectivity index (χ3v) is 4.98. The maximum atomic E-state index is 12.9. The fraction of sp³-hybridized carbons (Fsp3) is 0.529. The molecule has 3 atom stereocenters. The van der Waals surface area contributed by atoms with Crippen molar-refractivity contribution in [2.24, 2.45) is 11.7 Å². The molecule has 3 rings (SSSR count). The minimum atomic E-state index is -0.600. The highest BCUT2D eigenvalue weighted by Gasteiger charge is 2.42. The molecule has 0 radical (unpaired) electrons. The van der Waals surface area contributed by atoms with E-state index in [0.29, 0.717) is 29.3 Å². The van der Waals surface area contributed by atoms with Crippen LogP contribution in [0.15, 0.2) is 24.3 Å². The van der Waals surface area contributed by atoms with E-state index < -0.39 is 6.03 Å². The summed E-state index contributed by atoms with van der Waals surface area (Å²) in [7, 11) is 0. The highest BCUT2D eigenvalue weighted by molar-refractivity contribution is 5.96. The van der Waals surface area contributed by atoms with E-state index in [2.05, 4.69) is 17.1 Å². The lowest BCUT2D eigenvalue weighted by molar-refractivity contribution is 0.0633. The van der Waals surface area contributed by atoms with Gasteiger partial charge < -0.3 is 16.0 Å². The molecule has 3 N–H and O–H groups in total. The van der Waals surface area contributed by atoms with E-state index in [1.165, 1.54) is 19.3 Å². The van der Waals surface area contributed by atoms with E-state index in [-0.39, 0.29) is 5.91 Å². The van der Waals surface area contributed by atoms with Gasteiger partial charge in [-0.3, -0.25) is 4.79 Å². The summed E-state index contributed by atoms with van der Waals surface area (Å²) in [5.74, 6) is 0.774. The number of carbonyl (C=O) groups is 2. The van der Waals surface area contributed by atoms with Crippen LogP contribution in [0, 0.1) is 5.92 Å². The first kappa shape index (κ1) is 14.9. The van der Waals surface area contributed by atoms with Crippen molar-refractivity contribution in [3.8, 4) is 0 Å². The van der Waals surface area contributed by atoms with Crippen LogP contribution in [0.25, 0.3) is 0 Å². The topological polar surface area (TPSA) is 75.4 Å². The van der Waals surface area contributed by atoms with Gasteiger partial charge in [-0.1, -0.05) is 12.8 Å². The largest absolute Gasteiger partial charge is 0.351 e. The predicted molar refractivity (Wildman–Crippen MR) is 85.6 cm³/mol. The summed E-state index contributed by atoms with van der Waals surface area (Å²) >= 11 is 0. The van der Waals surface area contributed by atoms with E-state index in [1.54, 1.807) is 24.3 Å². The molecule has 2 fully saturated rings. The third-order valence-electron chi connectivity index (χ3n) is 4.98. The minimum absolute atomic E-state index is 0.104. The number of fused-ring (bicyclic) bond motifs is 1. The van der Waals surface area contributed by atoms with Gasteiger partial charge in [0.05, 0.1) is 0 Å².